The Morgan fingerprint density at radius 3 is 2.15 bits per heavy atom. The predicted octanol–water partition coefficient (Wildman–Crippen LogP) is 2.98. The van der Waals surface area contributed by atoms with Gasteiger partial charge in [-0.2, -0.15) is 0 Å². The number of nitrogen functional groups attached to an aromatic ring is 1. The summed E-state index contributed by atoms with van der Waals surface area (Å²) in [6.45, 7) is 3.75. The van der Waals surface area contributed by atoms with Gasteiger partial charge in [-0.1, -0.05) is 26.0 Å². The minimum atomic E-state index is -0.304. The van der Waals surface area contributed by atoms with Crippen molar-refractivity contribution in [2.45, 2.75) is 19.8 Å². The van der Waals surface area contributed by atoms with Crippen molar-refractivity contribution in [2.75, 3.05) is 12.4 Å². The van der Waals surface area contributed by atoms with Crippen LogP contribution < -0.4 is 5.73 Å². The third-order valence-electron chi connectivity index (χ3n) is 2.34. The lowest BCUT2D eigenvalue weighted by Gasteiger charge is -2.17. The molecule has 0 amide bonds. The highest BCUT2D eigenvalue weighted by Crippen LogP contribution is 2.25. The molecular formula is C11H16FN. The molecular weight excluding hydrogens is 165 g/mol. The van der Waals surface area contributed by atoms with Crippen molar-refractivity contribution in [1.29, 1.82) is 0 Å². The Labute approximate surface area is 78.8 Å². The Kier molecular flexibility index (Phi) is 3.29. The van der Waals surface area contributed by atoms with E-state index in [1.54, 1.807) is 0 Å². The van der Waals surface area contributed by atoms with Crippen LogP contribution in [0.1, 0.15) is 25.3 Å². The van der Waals surface area contributed by atoms with Gasteiger partial charge in [-0.05, 0) is 23.6 Å². The first kappa shape index (κ1) is 10.0. The molecule has 0 aliphatic carbocycles. The molecule has 1 aromatic carbocycles. The topological polar surface area (TPSA) is 26.0 Å². The molecule has 1 rings (SSSR count). The molecule has 0 aliphatic heterocycles. The molecule has 1 atom stereocenters. The smallest absolute Gasteiger partial charge is 0.0965 e. The maximum absolute atomic E-state index is 12.7. The molecule has 2 N–H and O–H groups in total. The first-order valence-electron chi connectivity index (χ1n) is 4.56. The van der Waals surface area contributed by atoms with E-state index in [1.165, 1.54) is 0 Å². The highest BCUT2D eigenvalue weighted by atomic mass is 19.1. The van der Waals surface area contributed by atoms with Crippen LogP contribution in [0.4, 0.5) is 10.1 Å². The van der Waals surface area contributed by atoms with Gasteiger partial charge in [0.15, 0.2) is 0 Å². The molecule has 13 heavy (non-hydrogen) atoms. The van der Waals surface area contributed by atoms with E-state index in [-0.39, 0.29) is 12.6 Å². The van der Waals surface area contributed by atoms with E-state index >= 15 is 0 Å². The van der Waals surface area contributed by atoms with E-state index in [9.17, 15) is 4.39 Å². The predicted molar refractivity (Wildman–Crippen MR) is 54.4 cm³/mol. The zero-order chi connectivity index (χ0) is 9.84. The summed E-state index contributed by atoms with van der Waals surface area (Å²) in [6, 6.07) is 7.44. The molecule has 1 nitrogen and oxygen atoms in total. The molecule has 0 bridgehead atoms. The van der Waals surface area contributed by atoms with Crippen molar-refractivity contribution >= 4 is 5.69 Å². The van der Waals surface area contributed by atoms with Gasteiger partial charge in [0.2, 0.25) is 0 Å². The summed E-state index contributed by atoms with van der Waals surface area (Å²) in [4.78, 5) is 0. The van der Waals surface area contributed by atoms with E-state index < -0.39 is 0 Å². The minimum Gasteiger partial charge on any atom is -0.399 e. The van der Waals surface area contributed by atoms with Crippen LogP contribution in [0.25, 0.3) is 0 Å². The average Bonchev–Trinajstić information content (AvgIpc) is 2.09. The summed E-state index contributed by atoms with van der Waals surface area (Å²) in [5.41, 5.74) is 7.31. The lowest BCUT2D eigenvalue weighted by Crippen LogP contribution is -2.08. The zero-order valence-corrected chi connectivity index (χ0v) is 8.13. The molecule has 0 saturated heterocycles. The maximum Gasteiger partial charge on any atom is 0.0965 e. The van der Waals surface area contributed by atoms with Crippen molar-refractivity contribution in [1.82, 2.24) is 0 Å². The Hall–Kier alpha value is -1.05. The van der Waals surface area contributed by atoms with Gasteiger partial charge >= 0.3 is 0 Å². The van der Waals surface area contributed by atoms with E-state index in [2.05, 4.69) is 0 Å². The number of alkyl halides is 1. The van der Waals surface area contributed by atoms with Gasteiger partial charge in [-0.15, -0.1) is 0 Å². The highest BCUT2D eigenvalue weighted by molar-refractivity contribution is 5.40. The van der Waals surface area contributed by atoms with Crippen molar-refractivity contribution in [2.24, 2.45) is 5.92 Å². The fourth-order valence-electron chi connectivity index (χ4n) is 1.40. The lowest BCUT2D eigenvalue weighted by atomic mass is 9.90. The van der Waals surface area contributed by atoms with Crippen molar-refractivity contribution in [3.05, 3.63) is 29.8 Å². The number of hydrogen-bond acceptors (Lipinski definition) is 1. The lowest BCUT2D eigenvalue weighted by molar-refractivity contribution is 0.366. The quantitative estimate of drug-likeness (QED) is 0.713. The van der Waals surface area contributed by atoms with Crippen molar-refractivity contribution in [3.63, 3.8) is 0 Å². The Morgan fingerprint density at radius 1 is 1.23 bits per heavy atom. The molecule has 1 aromatic rings. The van der Waals surface area contributed by atoms with Gasteiger partial charge in [0.25, 0.3) is 0 Å². The number of hydrogen-bond donors (Lipinski definition) is 1. The van der Waals surface area contributed by atoms with Crippen molar-refractivity contribution < 1.29 is 4.39 Å². The summed E-state index contributed by atoms with van der Waals surface area (Å²) in [7, 11) is 0. The van der Waals surface area contributed by atoms with Gasteiger partial charge < -0.3 is 5.73 Å². The van der Waals surface area contributed by atoms with Gasteiger partial charge in [0.1, 0.15) is 0 Å². The second-order valence-corrected chi connectivity index (χ2v) is 3.67. The molecule has 0 heterocycles. The number of halogens is 1. The zero-order valence-electron chi connectivity index (χ0n) is 8.13. The third-order valence-corrected chi connectivity index (χ3v) is 2.34. The first-order chi connectivity index (χ1) is 6.15. The van der Waals surface area contributed by atoms with Gasteiger partial charge in [-0.25, -0.2) is 0 Å². The fourth-order valence-corrected chi connectivity index (χ4v) is 1.40. The third kappa shape index (κ3) is 2.44. The van der Waals surface area contributed by atoms with Gasteiger partial charge in [0, 0.05) is 11.6 Å². The largest absolute Gasteiger partial charge is 0.399 e. The second-order valence-electron chi connectivity index (χ2n) is 3.67. The molecule has 0 saturated carbocycles. The highest BCUT2D eigenvalue weighted by Gasteiger charge is 2.14. The summed E-state index contributed by atoms with van der Waals surface area (Å²) in [5.74, 6) is 0.328. The second kappa shape index (κ2) is 4.26. The number of nitrogens with two attached hydrogens (primary N) is 1. The molecule has 0 aromatic heterocycles. The van der Waals surface area contributed by atoms with E-state index in [4.69, 9.17) is 5.73 Å². The maximum atomic E-state index is 12.7. The van der Waals surface area contributed by atoms with Gasteiger partial charge in [-0.3, -0.25) is 4.39 Å². The van der Waals surface area contributed by atoms with E-state index in [0.717, 1.165) is 11.3 Å². The van der Waals surface area contributed by atoms with Crippen LogP contribution >= 0.6 is 0 Å². The number of benzene rings is 1. The number of rotatable bonds is 3. The monoisotopic (exact) mass is 181 g/mol. The summed E-state index contributed by atoms with van der Waals surface area (Å²) < 4.78 is 12.7. The Bertz CT molecular complexity index is 253. The summed E-state index contributed by atoms with van der Waals surface area (Å²) in [6.07, 6.45) is 0. The average molecular weight is 181 g/mol. The van der Waals surface area contributed by atoms with Crippen LogP contribution in [-0.4, -0.2) is 6.67 Å². The molecule has 72 valence electrons. The van der Waals surface area contributed by atoms with Gasteiger partial charge in [0.05, 0.1) is 6.67 Å². The van der Waals surface area contributed by atoms with Crippen LogP contribution in [0.3, 0.4) is 0 Å². The Balaban J connectivity index is 2.86. The first-order valence-corrected chi connectivity index (χ1v) is 4.56. The number of anilines is 1. The van der Waals surface area contributed by atoms with Crippen LogP contribution in [0.5, 0.6) is 0 Å². The van der Waals surface area contributed by atoms with Crippen LogP contribution in [-0.2, 0) is 0 Å². The van der Waals surface area contributed by atoms with Crippen LogP contribution in [0.15, 0.2) is 24.3 Å². The SMILES string of the molecule is CC(C)C(CF)c1ccc(N)cc1. The summed E-state index contributed by atoms with van der Waals surface area (Å²) >= 11 is 0. The molecule has 0 fully saturated rings. The molecule has 1 unspecified atom stereocenters. The van der Waals surface area contributed by atoms with Crippen LogP contribution in [0, 0.1) is 5.92 Å². The van der Waals surface area contributed by atoms with Crippen molar-refractivity contribution in [3.8, 4) is 0 Å². The fraction of sp³-hybridized carbons (Fsp3) is 0.455. The normalized spacial score (nSPS) is 13.2. The summed E-state index contributed by atoms with van der Waals surface area (Å²) in [5, 5.41) is 0. The van der Waals surface area contributed by atoms with E-state index in [0.29, 0.717) is 5.92 Å². The Morgan fingerprint density at radius 2 is 1.77 bits per heavy atom. The minimum absolute atomic E-state index is 0.000556. The standard InChI is InChI=1S/C11H16FN/c1-8(2)11(7-12)9-3-5-10(13)6-4-9/h3-6,8,11H,7,13H2,1-2H3. The molecule has 0 spiro atoms. The van der Waals surface area contributed by atoms with E-state index in [1.807, 2.05) is 38.1 Å². The molecule has 2 heteroatoms. The van der Waals surface area contributed by atoms with Crippen LogP contribution in [0.2, 0.25) is 0 Å². The molecule has 0 radical (unpaired) electrons. The molecule has 0 aliphatic rings.